The van der Waals surface area contributed by atoms with Crippen LogP contribution in [0.1, 0.15) is 111 Å². The molecule has 2 saturated heterocycles. The number of phenolic OH excluding ortho intramolecular Hbond substituents is 3. The topological polar surface area (TPSA) is 577 Å². The number of ether oxygens (including phenoxy) is 7. The number of halogens is 2. The van der Waals surface area contributed by atoms with Crippen molar-refractivity contribution >= 4 is 76.5 Å². The Morgan fingerprint density at radius 2 is 1.29 bits per heavy atom. The van der Waals surface area contributed by atoms with E-state index in [2.05, 4.69) is 37.2 Å². The lowest BCUT2D eigenvalue weighted by atomic mass is 9.84. The highest BCUT2D eigenvalue weighted by Crippen LogP contribution is 2.50. The first-order valence-electron chi connectivity index (χ1n) is 37.5. The Kier molecular flexibility index (Phi) is 26.7. The van der Waals surface area contributed by atoms with E-state index in [0.29, 0.717) is 5.56 Å². The minimum Gasteiger partial charge on any atom is -0.508 e. The van der Waals surface area contributed by atoms with E-state index >= 15 is 14.4 Å². The molecular formula is C81H87Cl2N9O27. The van der Waals surface area contributed by atoms with Crippen LogP contribution < -0.4 is 62.9 Å². The summed E-state index contributed by atoms with van der Waals surface area (Å²) in [5.74, 6) is -18.0. The summed E-state index contributed by atoms with van der Waals surface area (Å²) < 4.78 is 45.1. The second-order valence-electron chi connectivity index (χ2n) is 30.0. The fourth-order valence-corrected chi connectivity index (χ4v) is 15.0. The second kappa shape index (κ2) is 36.5. The first-order chi connectivity index (χ1) is 56.5. The smallest absolute Gasteiger partial charge is 0.334 e. The molecule has 36 nitrogen and oxygen atoms in total. The van der Waals surface area contributed by atoms with Gasteiger partial charge >= 0.3 is 11.9 Å². The molecule has 7 aliphatic rings. The number of primary amides is 1. The number of carboxylic acids is 2. The number of carbonyl (C=O) groups is 9. The highest BCUT2D eigenvalue weighted by Gasteiger charge is 2.53. The molecule has 13 unspecified atom stereocenters. The highest BCUT2D eigenvalue weighted by molar-refractivity contribution is 6.32. The molecular weight excluding hydrogens is 1600 g/mol. The van der Waals surface area contributed by atoms with Crippen LogP contribution in [0.2, 0.25) is 10.0 Å². The van der Waals surface area contributed by atoms with Crippen LogP contribution in [0.4, 0.5) is 0 Å². The molecule has 7 aliphatic heterocycles. The number of aliphatic hydroxyl groups excluding tert-OH is 6. The lowest BCUT2D eigenvalue weighted by Crippen LogP contribution is -2.66. The molecule has 38 heteroatoms. The average Bonchev–Trinajstić information content (AvgIpc) is 1.06. The number of nitrogens with one attached hydrogen (secondary N) is 7. The van der Waals surface area contributed by atoms with Crippen LogP contribution in [0.15, 0.2) is 133 Å². The number of aliphatic hydroxyl groups is 6. The lowest BCUT2D eigenvalue weighted by Gasteiger charge is -2.48. The van der Waals surface area contributed by atoms with Gasteiger partial charge in [-0.3, -0.25) is 33.6 Å². The summed E-state index contributed by atoms with van der Waals surface area (Å²) in [5.41, 5.74) is 10.1. The third-order valence-corrected chi connectivity index (χ3v) is 21.5. The summed E-state index contributed by atoms with van der Waals surface area (Å²) in [6, 6.07) is 15.5. The molecule has 19 atom stereocenters. The Morgan fingerprint density at radius 3 is 1.91 bits per heavy atom. The highest BCUT2D eigenvalue weighted by atomic mass is 35.5. The second-order valence-corrected chi connectivity index (χ2v) is 30.8. The van der Waals surface area contributed by atoms with Gasteiger partial charge in [0, 0.05) is 41.3 Å². The van der Waals surface area contributed by atoms with Crippen LogP contribution in [0.5, 0.6) is 46.0 Å². The number of aliphatic carboxylic acids is 2. The Morgan fingerprint density at radius 1 is 0.672 bits per heavy atom. The Balaban J connectivity index is 1.00. The molecule has 0 aliphatic carbocycles. The molecule has 0 saturated carbocycles. The number of phenols is 3. The summed E-state index contributed by atoms with van der Waals surface area (Å²) in [7, 11) is 0. The number of amides is 7. The maximum Gasteiger partial charge on any atom is 0.334 e. The Labute approximate surface area is 687 Å². The van der Waals surface area contributed by atoms with E-state index in [1.807, 2.05) is 42.5 Å². The Hall–Kier alpha value is -11.3. The van der Waals surface area contributed by atoms with E-state index < -0.39 is 267 Å². The third kappa shape index (κ3) is 19.4. The number of benzene rings is 7. The van der Waals surface area contributed by atoms with Crippen LogP contribution >= 0.6 is 23.2 Å². The number of aromatic hydroxyl groups is 3. The maximum atomic E-state index is 16.1. The van der Waals surface area contributed by atoms with Gasteiger partial charge in [0.2, 0.25) is 53.4 Å². The summed E-state index contributed by atoms with van der Waals surface area (Å²) in [5, 5.41) is 143. The van der Waals surface area contributed by atoms with E-state index in [1.54, 1.807) is 26.0 Å². The number of carbonyl (C=O) groups excluding carboxylic acids is 7. The van der Waals surface area contributed by atoms with Crippen molar-refractivity contribution in [3.05, 3.63) is 177 Å². The number of rotatable bonds is 19. The molecule has 22 N–H and O–H groups in total. The molecule has 7 amide bonds. The van der Waals surface area contributed by atoms with Crippen LogP contribution in [-0.2, 0) is 68.7 Å². The van der Waals surface area contributed by atoms with Gasteiger partial charge in [0.25, 0.3) is 0 Å². The van der Waals surface area contributed by atoms with Crippen LogP contribution in [0, 0.1) is 5.92 Å². The zero-order valence-corrected chi connectivity index (χ0v) is 65.3. The molecule has 11 bridgehead atoms. The molecule has 119 heavy (non-hydrogen) atoms. The van der Waals surface area contributed by atoms with Gasteiger partial charge in [-0.1, -0.05) is 110 Å². The molecule has 7 aromatic carbocycles. The van der Waals surface area contributed by atoms with E-state index in [9.17, 15) is 84.9 Å². The fraction of sp³-hybridized carbons (Fsp3) is 0.370. The van der Waals surface area contributed by atoms with Gasteiger partial charge in [-0.15, -0.1) is 0 Å². The number of nitrogens with two attached hydrogens (primary N) is 2. The maximum absolute atomic E-state index is 16.1. The standard InChI is InChI=1S/C81H87Cl2N9O27/c1-33(2)20-47(84)73(104)91-63-65(98)39-15-18-51(45(82)22-39)115-53-24-41-25-54(69(53)119-80-70(68(101)67(100)56(31-93)117-80)118-58-29-81(4,71(102)34(3)114-58)86-30-55(78(109)110)113-32-35-10-12-37(13-11-35)36-8-6-5-7-9-36)116-52-19-16-40(23-46(52)83)66(99)64-77(108)90-62(79(111)112)44-26-42(94)27-50(96)59(44)43-21-38(14-17-49(43)95)60(74(105)92-64)89-75(106)61(41)88-57(97)28-48(72(85)103)87-76(63)107/h5-19,21-27,33-34,47-48,55-56,58,60-68,70-71,80,86,93-96,98-102H,20,28-32,84H2,1-4H3,(H2,85,103)(H,87,107)(H,88,97)(H,89,106)(H,90,108)(H,91,104)(H,92,105)(H,109,110)(H,111,112)/t34?,47-,48?,55?,56?,58?,60?,61-,62-,63?,64+,65-,66-,67?,68?,70?,71?,80?,81?/m1/s1. The van der Waals surface area contributed by atoms with Gasteiger partial charge in [0.15, 0.2) is 36.0 Å². The van der Waals surface area contributed by atoms with Crippen molar-refractivity contribution in [1.29, 1.82) is 0 Å². The lowest BCUT2D eigenvalue weighted by molar-refractivity contribution is -0.334. The van der Waals surface area contributed by atoms with Gasteiger partial charge in [-0.05, 0) is 120 Å². The van der Waals surface area contributed by atoms with Crippen LogP contribution in [0.25, 0.3) is 22.3 Å². The number of hydrogen-bond acceptors (Lipinski definition) is 27. The molecule has 0 spiro atoms. The monoisotopic (exact) mass is 1690 g/mol. The van der Waals surface area contributed by atoms with Gasteiger partial charge in [-0.25, -0.2) is 9.59 Å². The number of fused-ring (bicyclic) bond motifs is 16. The normalized spacial score (nSPS) is 27.1. The summed E-state index contributed by atoms with van der Waals surface area (Å²) in [6.45, 7) is 4.91. The van der Waals surface area contributed by atoms with Gasteiger partial charge in [0.05, 0.1) is 47.9 Å². The quantitative estimate of drug-likeness (QED) is 0.0553. The van der Waals surface area contributed by atoms with Crippen molar-refractivity contribution < 1.29 is 132 Å². The van der Waals surface area contributed by atoms with E-state index in [-0.39, 0.29) is 42.1 Å². The largest absolute Gasteiger partial charge is 0.508 e. The van der Waals surface area contributed by atoms with Crippen molar-refractivity contribution in [3.8, 4) is 68.2 Å². The van der Waals surface area contributed by atoms with E-state index in [4.69, 9.17) is 67.8 Å². The molecule has 14 rings (SSSR count). The van der Waals surface area contributed by atoms with Crippen molar-refractivity contribution in [3.63, 3.8) is 0 Å². The van der Waals surface area contributed by atoms with Gasteiger partial charge in [-0.2, -0.15) is 0 Å². The molecule has 0 radical (unpaired) electrons. The van der Waals surface area contributed by atoms with Crippen LogP contribution in [0.3, 0.4) is 0 Å². The third-order valence-electron chi connectivity index (χ3n) is 20.9. The summed E-state index contributed by atoms with van der Waals surface area (Å²) in [6.07, 6.45) is -21.6. The first-order valence-corrected chi connectivity index (χ1v) is 38.2. The van der Waals surface area contributed by atoms with Crippen molar-refractivity contribution in [2.24, 2.45) is 17.4 Å². The number of hydrogen-bond donors (Lipinski definition) is 20. The zero-order valence-electron chi connectivity index (χ0n) is 63.8. The molecule has 632 valence electrons. The van der Waals surface area contributed by atoms with E-state index in [0.717, 1.165) is 83.9 Å². The minimum absolute atomic E-state index is 0.0674. The van der Waals surface area contributed by atoms with Crippen LogP contribution in [-0.4, -0.2) is 208 Å². The molecule has 7 aromatic rings. The predicted molar refractivity (Wildman–Crippen MR) is 416 cm³/mol. The summed E-state index contributed by atoms with van der Waals surface area (Å²) >= 11 is 14.2. The van der Waals surface area contributed by atoms with Gasteiger partial charge < -0.3 is 138 Å². The zero-order chi connectivity index (χ0) is 85.9. The van der Waals surface area contributed by atoms with Gasteiger partial charge in [0.1, 0.15) is 89.5 Å². The van der Waals surface area contributed by atoms with Crippen molar-refractivity contribution in [1.82, 2.24) is 37.2 Å². The SMILES string of the molecule is CC(C)C[C@@H](N)C(=O)NC1C(=O)NC(C(N)=O)CC(=O)N[C@H]2C(=O)NC3C(=O)N[C@H](C(=O)N[C@@H](C(=O)O)c4cc(O)cc(O)c4-c4cc3ccc4O)[C@H](O)c3ccc(c(Cl)c3)Oc3cc2cc(c3OC2OC(CO)C(O)C(O)C2OC2CC(C)(NCC(OCc3ccc(-c4ccccc4)cc3)C(=O)O)C(O)C(C)O2)Oc2ccc(cc2Cl)[C@H]1O. The molecule has 2 fully saturated rings. The summed E-state index contributed by atoms with van der Waals surface area (Å²) in [4.78, 5) is 130. The fourth-order valence-electron chi connectivity index (χ4n) is 14.6. The Bertz CT molecular complexity index is 5030. The molecule has 7 heterocycles. The number of carboxylic acid groups (broad SMARTS) is 2. The minimum atomic E-state index is -2.34. The van der Waals surface area contributed by atoms with Crippen molar-refractivity contribution in [2.45, 2.75) is 169 Å². The predicted octanol–water partition coefficient (Wildman–Crippen LogP) is 2.81. The first kappa shape index (κ1) is 87.0. The van der Waals surface area contributed by atoms with E-state index in [1.165, 1.54) is 19.9 Å². The average molecular weight is 1690 g/mol. The molecule has 0 aromatic heterocycles. The van der Waals surface area contributed by atoms with Crippen molar-refractivity contribution in [2.75, 3.05) is 13.2 Å².